The van der Waals surface area contributed by atoms with E-state index in [0.29, 0.717) is 12.3 Å². The first-order valence-corrected chi connectivity index (χ1v) is 6.57. The number of hydrogen-bond donors (Lipinski definition) is 4. The number of amidine groups is 3. The van der Waals surface area contributed by atoms with Crippen LogP contribution in [0.1, 0.15) is 58.3 Å². The minimum Gasteiger partial charge on any atom is -0.386 e. The highest BCUT2D eigenvalue weighted by atomic mass is 15.3. The molecule has 0 aromatic heterocycles. The third-order valence-corrected chi connectivity index (χ3v) is 2.60. The molecule has 0 atom stereocenters. The minimum atomic E-state index is -0.289. The van der Waals surface area contributed by atoms with Crippen molar-refractivity contribution >= 4 is 17.5 Å². The molecule has 0 aliphatic carbocycles. The van der Waals surface area contributed by atoms with E-state index in [4.69, 9.17) is 22.6 Å². The minimum absolute atomic E-state index is 0.0995. The van der Waals surface area contributed by atoms with Crippen LogP contribution in [0.5, 0.6) is 0 Å². The van der Waals surface area contributed by atoms with Crippen molar-refractivity contribution in [3.63, 3.8) is 0 Å². The van der Waals surface area contributed by atoms with Crippen molar-refractivity contribution in [1.82, 2.24) is 0 Å². The van der Waals surface area contributed by atoms with E-state index in [-0.39, 0.29) is 11.7 Å². The van der Waals surface area contributed by atoms with Crippen molar-refractivity contribution < 1.29 is 0 Å². The third-order valence-electron chi connectivity index (χ3n) is 2.60. The highest BCUT2D eigenvalue weighted by Gasteiger charge is 1.96. The van der Waals surface area contributed by atoms with Gasteiger partial charge in [-0.25, -0.2) is 0 Å². The van der Waals surface area contributed by atoms with E-state index >= 15 is 0 Å². The highest BCUT2D eigenvalue weighted by Crippen LogP contribution is 2.08. The van der Waals surface area contributed by atoms with Crippen molar-refractivity contribution in [1.29, 1.82) is 5.41 Å². The first-order valence-electron chi connectivity index (χ1n) is 6.57. The Hall–Kier alpha value is -1.59. The molecule has 0 saturated carbocycles. The Morgan fingerprint density at radius 1 is 0.889 bits per heavy atom. The molecule has 0 spiro atoms. The lowest BCUT2D eigenvalue weighted by Gasteiger charge is -2.01. The summed E-state index contributed by atoms with van der Waals surface area (Å²) in [4.78, 5) is 0. The molecule has 6 nitrogen and oxygen atoms in total. The molecule has 0 aromatic carbocycles. The van der Waals surface area contributed by atoms with Crippen LogP contribution in [0.4, 0.5) is 0 Å². The van der Waals surface area contributed by atoms with Crippen molar-refractivity contribution in [2.75, 3.05) is 0 Å². The molecule has 0 rings (SSSR count). The lowest BCUT2D eigenvalue weighted by Crippen LogP contribution is -2.30. The van der Waals surface area contributed by atoms with E-state index in [9.17, 15) is 0 Å². The molecule has 6 heteroatoms. The van der Waals surface area contributed by atoms with Gasteiger partial charge >= 0.3 is 0 Å². The Labute approximate surface area is 109 Å². The van der Waals surface area contributed by atoms with Crippen LogP contribution in [0, 0.1) is 5.41 Å². The topological polar surface area (TPSA) is 127 Å². The Kier molecular flexibility index (Phi) is 9.62. The van der Waals surface area contributed by atoms with Gasteiger partial charge < -0.3 is 17.2 Å². The molecular weight excluding hydrogens is 228 g/mol. The van der Waals surface area contributed by atoms with Gasteiger partial charge in [0.05, 0.1) is 0 Å². The van der Waals surface area contributed by atoms with Crippen LogP contribution >= 0.6 is 0 Å². The second-order valence-electron chi connectivity index (χ2n) is 4.36. The van der Waals surface area contributed by atoms with E-state index in [1.54, 1.807) is 0 Å². The molecule has 0 unspecified atom stereocenters. The predicted molar refractivity (Wildman–Crippen MR) is 77.8 cm³/mol. The normalized spacial score (nSPS) is 12.7. The number of nitrogens with two attached hydrogens (primary N) is 3. The van der Waals surface area contributed by atoms with Gasteiger partial charge in [-0.05, 0) is 6.42 Å². The Bertz CT molecular complexity index is 295. The summed E-state index contributed by atoms with van der Waals surface area (Å²) in [5.74, 6) is 0.0488. The fourth-order valence-corrected chi connectivity index (χ4v) is 1.49. The predicted octanol–water partition coefficient (Wildman–Crippen LogP) is 1.69. The molecule has 0 aromatic rings. The third kappa shape index (κ3) is 9.62. The van der Waals surface area contributed by atoms with Gasteiger partial charge in [0.2, 0.25) is 0 Å². The largest absolute Gasteiger partial charge is 0.386 e. The summed E-state index contributed by atoms with van der Waals surface area (Å²) in [6.07, 6.45) is 9.33. The Morgan fingerprint density at radius 2 is 1.44 bits per heavy atom. The second kappa shape index (κ2) is 10.6. The summed E-state index contributed by atoms with van der Waals surface area (Å²) in [5.41, 5.74) is 16.1. The van der Waals surface area contributed by atoms with Gasteiger partial charge in [0.1, 0.15) is 5.84 Å². The first-order chi connectivity index (χ1) is 8.57. The Morgan fingerprint density at radius 3 is 2.00 bits per heavy atom. The molecule has 0 aliphatic rings. The maximum absolute atomic E-state index is 7.00. The van der Waals surface area contributed by atoms with Crippen molar-refractivity contribution in [3.8, 4) is 0 Å². The number of nitrogens with one attached hydrogen (secondary N) is 1. The number of unbranched alkanes of at least 4 members (excludes halogenated alkanes) is 6. The number of nitrogens with zero attached hydrogens (tertiary/aromatic N) is 2. The van der Waals surface area contributed by atoms with Crippen LogP contribution in [-0.2, 0) is 0 Å². The molecule has 0 bridgehead atoms. The quantitative estimate of drug-likeness (QED) is 0.216. The van der Waals surface area contributed by atoms with Gasteiger partial charge in [0.25, 0.3) is 0 Å². The zero-order chi connectivity index (χ0) is 13.8. The summed E-state index contributed by atoms with van der Waals surface area (Å²) in [6, 6.07) is 0. The average Bonchev–Trinajstić information content (AvgIpc) is 2.34. The van der Waals surface area contributed by atoms with E-state index in [1.807, 2.05) is 0 Å². The number of rotatable bonds is 9. The van der Waals surface area contributed by atoms with Gasteiger partial charge in [-0.1, -0.05) is 45.4 Å². The van der Waals surface area contributed by atoms with E-state index in [1.165, 1.54) is 32.1 Å². The highest BCUT2D eigenvalue weighted by molar-refractivity contribution is 6.37. The maximum atomic E-state index is 7.00. The molecule has 7 N–H and O–H groups in total. The van der Waals surface area contributed by atoms with Gasteiger partial charge in [-0.3, -0.25) is 5.41 Å². The maximum Gasteiger partial charge on any atom is 0.188 e. The van der Waals surface area contributed by atoms with Crippen molar-refractivity contribution in [2.24, 2.45) is 27.4 Å². The van der Waals surface area contributed by atoms with Crippen LogP contribution in [-0.4, -0.2) is 17.5 Å². The molecule has 0 aliphatic heterocycles. The van der Waals surface area contributed by atoms with Gasteiger partial charge in [-0.2, -0.15) is 0 Å². The zero-order valence-corrected chi connectivity index (χ0v) is 11.3. The fourth-order valence-electron chi connectivity index (χ4n) is 1.49. The van der Waals surface area contributed by atoms with Crippen LogP contribution in [0.3, 0.4) is 0 Å². The lowest BCUT2D eigenvalue weighted by molar-refractivity contribution is 0.595. The van der Waals surface area contributed by atoms with Crippen LogP contribution < -0.4 is 17.2 Å². The van der Waals surface area contributed by atoms with Gasteiger partial charge in [-0.15, -0.1) is 10.2 Å². The zero-order valence-electron chi connectivity index (χ0n) is 11.3. The summed E-state index contributed by atoms with van der Waals surface area (Å²) in [7, 11) is 0. The first kappa shape index (κ1) is 16.4. The Balaban J connectivity index is 3.64. The molecule has 0 radical (unpaired) electrons. The van der Waals surface area contributed by atoms with Crippen molar-refractivity contribution in [2.45, 2.75) is 58.3 Å². The molecule has 0 heterocycles. The molecule has 0 saturated heterocycles. The van der Waals surface area contributed by atoms with Gasteiger partial charge in [0, 0.05) is 6.42 Å². The molecule has 18 heavy (non-hydrogen) atoms. The van der Waals surface area contributed by atoms with Crippen molar-refractivity contribution in [3.05, 3.63) is 0 Å². The van der Waals surface area contributed by atoms with E-state index in [0.717, 1.165) is 12.8 Å². The molecule has 104 valence electrons. The SMILES string of the molecule is CCCCCCCCC/C(N)=N/N=C(\N)C(=N)N. The van der Waals surface area contributed by atoms with E-state index in [2.05, 4.69) is 17.1 Å². The van der Waals surface area contributed by atoms with Crippen LogP contribution in [0.15, 0.2) is 10.2 Å². The second-order valence-corrected chi connectivity index (χ2v) is 4.36. The smallest absolute Gasteiger partial charge is 0.188 e. The average molecular weight is 254 g/mol. The van der Waals surface area contributed by atoms with Gasteiger partial charge in [0.15, 0.2) is 11.7 Å². The molecular formula is C12H26N6. The molecule has 0 fully saturated rings. The lowest BCUT2D eigenvalue weighted by atomic mass is 10.1. The van der Waals surface area contributed by atoms with Crippen LogP contribution in [0.25, 0.3) is 0 Å². The number of hydrogen-bond acceptors (Lipinski definition) is 3. The summed E-state index contributed by atoms with van der Waals surface area (Å²) in [6.45, 7) is 2.21. The summed E-state index contributed by atoms with van der Waals surface area (Å²) >= 11 is 0. The molecule has 0 amide bonds. The van der Waals surface area contributed by atoms with Crippen LogP contribution in [0.2, 0.25) is 0 Å². The standard InChI is InChI=1S/C12H26N6/c1-2-3-4-5-6-7-8-9-10(13)17-18-12(16)11(14)15/h2-9H2,1H3,(H2,13,17)(H3,14,15)(H2,16,18). The monoisotopic (exact) mass is 254 g/mol. The summed E-state index contributed by atoms with van der Waals surface area (Å²) < 4.78 is 0. The van der Waals surface area contributed by atoms with E-state index < -0.39 is 0 Å². The fraction of sp³-hybridized carbons (Fsp3) is 0.750. The summed E-state index contributed by atoms with van der Waals surface area (Å²) in [5, 5.41) is 14.3.